The quantitative estimate of drug-likeness (QED) is 0.572. The molecule has 0 saturated heterocycles. The van der Waals surface area contributed by atoms with Gasteiger partial charge in [0.1, 0.15) is 0 Å². The summed E-state index contributed by atoms with van der Waals surface area (Å²) in [5, 5.41) is 3.66. The van der Waals surface area contributed by atoms with Gasteiger partial charge in [-0.1, -0.05) is 40.5 Å². The van der Waals surface area contributed by atoms with Crippen LogP contribution in [-0.4, -0.2) is 26.3 Å². The van der Waals surface area contributed by atoms with Gasteiger partial charge in [-0.25, -0.2) is 0 Å². The Kier molecular flexibility index (Phi) is 8.01. The number of hydrogen-bond donors (Lipinski definition) is 1. The summed E-state index contributed by atoms with van der Waals surface area (Å²) in [5.41, 5.74) is 0.361. The lowest BCUT2D eigenvalue weighted by Gasteiger charge is -2.33. The molecule has 1 N–H and O–H groups in total. The summed E-state index contributed by atoms with van der Waals surface area (Å²) in [7, 11) is 0. The third kappa shape index (κ3) is 7.31. The minimum absolute atomic E-state index is 0.361. The Morgan fingerprint density at radius 3 is 2.53 bits per heavy atom. The van der Waals surface area contributed by atoms with Gasteiger partial charge in [-0.3, -0.25) is 0 Å². The molecule has 0 heterocycles. The second-order valence-electron chi connectivity index (χ2n) is 6.94. The molecule has 0 amide bonds. The molecule has 19 heavy (non-hydrogen) atoms. The third-order valence-electron chi connectivity index (χ3n) is 4.32. The number of unbranched alkanes of at least 4 members (excludes halogenated alkanes) is 1. The molecule has 0 aliphatic heterocycles. The first-order valence-corrected chi connectivity index (χ1v) is 8.40. The number of nitrogens with one attached hydrogen (secondary N) is 1. The lowest BCUT2D eigenvalue weighted by atomic mass is 9.80. The summed E-state index contributed by atoms with van der Waals surface area (Å²) in [6.45, 7) is 13.3. The van der Waals surface area contributed by atoms with E-state index in [1.54, 1.807) is 0 Å². The maximum atomic E-state index is 6.03. The molecule has 2 nitrogen and oxygen atoms in total. The highest BCUT2D eigenvalue weighted by Crippen LogP contribution is 2.32. The summed E-state index contributed by atoms with van der Waals surface area (Å²) >= 11 is 0. The van der Waals surface area contributed by atoms with Crippen LogP contribution < -0.4 is 5.32 Å². The van der Waals surface area contributed by atoms with Crippen molar-refractivity contribution in [3.05, 3.63) is 0 Å². The fourth-order valence-corrected chi connectivity index (χ4v) is 2.52. The second-order valence-corrected chi connectivity index (χ2v) is 6.94. The van der Waals surface area contributed by atoms with Gasteiger partial charge in [0.15, 0.2) is 0 Å². The van der Waals surface area contributed by atoms with E-state index in [2.05, 4.69) is 33.0 Å². The van der Waals surface area contributed by atoms with E-state index >= 15 is 0 Å². The predicted molar refractivity (Wildman–Crippen MR) is 83.5 cm³/mol. The van der Waals surface area contributed by atoms with Crippen molar-refractivity contribution in [2.24, 2.45) is 17.3 Å². The minimum Gasteiger partial charge on any atom is -0.381 e. The smallest absolute Gasteiger partial charge is 0.0534 e. The largest absolute Gasteiger partial charge is 0.381 e. The van der Waals surface area contributed by atoms with Crippen molar-refractivity contribution < 1.29 is 4.74 Å². The Hall–Kier alpha value is -0.0800. The first-order chi connectivity index (χ1) is 9.12. The van der Waals surface area contributed by atoms with Gasteiger partial charge in [-0.2, -0.15) is 0 Å². The van der Waals surface area contributed by atoms with Crippen molar-refractivity contribution in [3.8, 4) is 0 Å². The Morgan fingerprint density at radius 2 is 2.00 bits per heavy atom. The van der Waals surface area contributed by atoms with Gasteiger partial charge in [-0.15, -0.1) is 0 Å². The maximum Gasteiger partial charge on any atom is 0.0534 e. The van der Waals surface area contributed by atoms with Gasteiger partial charge in [0.2, 0.25) is 0 Å². The molecular weight excluding hydrogens is 234 g/mol. The van der Waals surface area contributed by atoms with Crippen molar-refractivity contribution in [3.63, 3.8) is 0 Å². The summed E-state index contributed by atoms with van der Waals surface area (Å²) in [6, 6.07) is 0. The third-order valence-corrected chi connectivity index (χ3v) is 4.32. The predicted octanol–water partition coefficient (Wildman–Crippen LogP) is 4.25. The zero-order valence-corrected chi connectivity index (χ0v) is 13.6. The first-order valence-electron chi connectivity index (χ1n) is 8.40. The zero-order valence-electron chi connectivity index (χ0n) is 13.6. The van der Waals surface area contributed by atoms with Crippen LogP contribution in [0.15, 0.2) is 0 Å². The highest BCUT2D eigenvalue weighted by atomic mass is 16.5. The van der Waals surface area contributed by atoms with Crippen LogP contribution in [0.3, 0.4) is 0 Å². The van der Waals surface area contributed by atoms with Gasteiger partial charge in [0, 0.05) is 18.6 Å². The van der Waals surface area contributed by atoms with Crippen molar-refractivity contribution >= 4 is 0 Å². The molecule has 1 aliphatic rings. The Bertz CT molecular complexity index is 215. The fraction of sp³-hybridized carbons (Fsp3) is 1.00. The van der Waals surface area contributed by atoms with Gasteiger partial charge in [-0.05, 0) is 44.1 Å². The molecule has 1 atom stereocenters. The van der Waals surface area contributed by atoms with Crippen molar-refractivity contribution in [1.82, 2.24) is 5.32 Å². The van der Waals surface area contributed by atoms with Gasteiger partial charge >= 0.3 is 0 Å². The molecule has 0 aromatic heterocycles. The number of ether oxygens (including phenoxy) is 1. The van der Waals surface area contributed by atoms with Crippen LogP contribution in [0.4, 0.5) is 0 Å². The molecular formula is C17H35NO. The number of rotatable bonds is 12. The van der Waals surface area contributed by atoms with E-state index in [9.17, 15) is 0 Å². The van der Waals surface area contributed by atoms with Crippen LogP contribution in [0, 0.1) is 17.3 Å². The lowest BCUT2D eigenvalue weighted by molar-refractivity contribution is 0.0281. The molecule has 1 saturated carbocycles. The molecule has 0 bridgehead atoms. The highest BCUT2D eigenvalue weighted by molar-refractivity contribution is 4.81. The molecule has 0 radical (unpaired) electrons. The van der Waals surface area contributed by atoms with E-state index in [-0.39, 0.29) is 0 Å². The van der Waals surface area contributed by atoms with Crippen LogP contribution in [0.1, 0.15) is 66.2 Å². The monoisotopic (exact) mass is 269 g/mol. The molecule has 1 unspecified atom stereocenters. The first kappa shape index (κ1) is 17.0. The van der Waals surface area contributed by atoms with Crippen LogP contribution in [0.2, 0.25) is 0 Å². The van der Waals surface area contributed by atoms with Crippen LogP contribution >= 0.6 is 0 Å². The summed E-state index contributed by atoms with van der Waals surface area (Å²) < 4.78 is 6.03. The summed E-state index contributed by atoms with van der Waals surface area (Å²) in [5.74, 6) is 1.61. The summed E-state index contributed by atoms with van der Waals surface area (Å²) in [4.78, 5) is 0. The minimum atomic E-state index is 0.361. The van der Waals surface area contributed by atoms with E-state index in [4.69, 9.17) is 4.74 Å². The van der Waals surface area contributed by atoms with Crippen molar-refractivity contribution in [1.29, 1.82) is 0 Å². The highest BCUT2D eigenvalue weighted by Gasteiger charge is 2.29. The van der Waals surface area contributed by atoms with E-state index in [1.165, 1.54) is 38.5 Å². The van der Waals surface area contributed by atoms with E-state index < -0.39 is 0 Å². The average Bonchev–Trinajstić information content (AvgIpc) is 3.19. The second kappa shape index (κ2) is 8.97. The molecule has 1 rings (SSSR count). The average molecular weight is 269 g/mol. The fourth-order valence-electron chi connectivity index (χ4n) is 2.52. The van der Waals surface area contributed by atoms with Crippen LogP contribution in [-0.2, 0) is 4.74 Å². The Labute approximate surface area is 120 Å². The molecule has 0 aromatic rings. The Balaban J connectivity index is 2.36. The normalized spacial score (nSPS) is 18.8. The van der Waals surface area contributed by atoms with Gasteiger partial charge in [0.05, 0.1) is 6.61 Å². The van der Waals surface area contributed by atoms with Crippen molar-refractivity contribution in [2.45, 2.75) is 66.2 Å². The number of hydrogen-bond acceptors (Lipinski definition) is 2. The van der Waals surface area contributed by atoms with Crippen LogP contribution in [0.5, 0.6) is 0 Å². The van der Waals surface area contributed by atoms with Gasteiger partial charge in [0.25, 0.3) is 0 Å². The Morgan fingerprint density at radius 1 is 1.26 bits per heavy atom. The zero-order chi connectivity index (χ0) is 14.1. The topological polar surface area (TPSA) is 21.3 Å². The van der Waals surface area contributed by atoms with E-state index in [1.807, 2.05) is 0 Å². The van der Waals surface area contributed by atoms with Gasteiger partial charge < -0.3 is 10.1 Å². The molecule has 1 fully saturated rings. The maximum absolute atomic E-state index is 6.03. The molecule has 0 aromatic carbocycles. The molecule has 114 valence electrons. The molecule has 2 heteroatoms. The lowest BCUT2D eigenvalue weighted by Crippen LogP contribution is -2.39. The van der Waals surface area contributed by atoms with Crippen molar-refractivity contribution in [2.75, 3.05) is 26.3 Å². The SMILES string of the molecule is CCCCC(CC)(CNCC(C)C)COCC1CC1. The molecule has 1 aliphatic carbocycles. The van der Waals surface area contributed by atoms with Crippen LogP contribution in [0.25, 0.3) is 0 Å². The standard InChI is InChI=1S/C17H35NO/c1-5-7-10-17(6-2,13-18-11-15(3)4)14-19-12-16-8-9-16/h15-16,18H,5-14H2,1-4H3. The summed E-state index contributed by atoms with van der Waals surface area (Å²) in [6.07, 6.45) is 7.91. The van der Waals surface area contributed by atoms with E-state index in [0.29, 0.717) is 5.41 Å². The van der Waals surface area contributed by atoms with E-state index in [0.717, 1.165) is 38.1 Å². The molecule has 0 spiro atoms.